The predicted octanol–water partition coefficient (Wildman–Crippen LogP) is 2.18. The minimum Gasteiger partial charge on any atom is -0.492 e. The van der Waals surface area contributed by atoms with E-state index < -0.39 is 15.6 Å². The average molecular weight is 377 g/mol. The lowest BCUT2D eigenvalue weighted by Gasteiger charge is -2.26. The zero-order chi connectivity index (χ0) is 15.7. The molecule has 5 nitrogen and oxygen atoms in total. The third-order valence-corrected chi connectivity index (χ3v) is 5.89. The smallest absolute Gasteiger partial charge is 0.244 e. The molecule has 0 saturated carbocycles. The van der Waals surface area contributed by atoms with E-state index in [4.69, 9.17) is 10.5 Å². The summed E-state index contributed by atoms with van der Waals surface area (Å²) in [6.45, 7) is 4.64. The Morgan fingerprint density at radius 2 is 2.05 bits per heavy atom. The van der Waals surface area contributed by atoms with Crippen LogP contribution >= 0.6 is 15.9 Å². The summed E-state index contributed by atoms with van der Waals surface area (Å²) in [6.07, 6.45) is 2.14. The van der Waals surface area contributed by atoms with Crippen LogP contribution in [0.5, 0.6) is 5.75 Å². The van der Waals surface area contributed by atoms with Crippen LogP contribution in [0.2, 0.25) is 0 Å². The molecule has 1 aliphatic rings. The maximum Gasteiger partial charge on any atom is 0.244 e. The predicted molar refractivity (Wildman–Crippen MR) is 86.0 cm³/mol. The van der Waals surface area contributed by atoms with E-state index in [9.17, 15) is 8.42 Å². The first kappa shape index (κ1) is 16.7. The molecule has 0 radical (unpaired) electrons. The van der Waals surface area contributed by atoms with Crippen molar-refractivity contribution in [3.8, 4) is 5.75 Å². The highest BCUT2D eigenvalue weighted by Gasteiger charge is 2.29. The summed E-state index contributed by atoms with van der Waals surface area (Å²) < 4.78 is 33.9. The van der Waals surface area contributed by atoms with Gasteiger partial charge in [0, 0.05) is 28.5 Å². The number of fused-ring (bicyclic) bond motifs is 1. The Kier molecular flexibility index (Phi) is 4.97. The second-order valence-electron chi connectivity index (χ2n) is 5.38. The van der Waals surface area contributed by atoms with Crippen LogP contribution in [-0.2, 0) is 16.4 Å². The molecule has 0 aliphatic carbocycles. The fourth-order valence-corrected chi connectivity index (χ4v) is 4.26. The van der Waals surface area contributed by atoms with Crippen molar-refractivity contribution in [1.29, 1.82) is 0 Å². The lowest BCUT2D eigenvalue weighted by molar-refractivity contribution is 0.348. The zero-order valence-corrected chi connectivity index (χ0v) is 14.7. The normalized spacial score (nSPS) is 14.9. The fraction of sp³-hybridized carbons (Fsp3) is 0.571. The molecule has 0 unspecified atom stereocenters. The molecule has 0 aromatic heterocycles. The highest BCUT2D eigenvalue weighted by atomic mass is 79.9. The van der Waals surface area contributed by atoms with E-state index in [1.807, 2.05) is 19.9 Å². The maximum atomic E-state index is 12.6. The van der Waals surface area contributed by atoms with Gasteiger partial charge in [0.15, 0.2) is 0 Å². The van der Waals surface area contributed by atoms with Crippen molar-refractivity contribution < 1.29 is 13.2 Å². The maximum absolute atomic E-state index is 12.6. The lowest BCUT2D eigenvalue weighted by Crippen LogP contribution is -2.49. The number of ether oxygens (including phenoxy) is 1. The molecule has 0 fully saturated rings. The Morgan fingerprint density at radius 1 is 1.38 bits per heavy atom. The third kappa shape index (κ3) is 3.59. The topological polar surface area (TPSA) is 81.4 Å². The first-order valence-electron chi connectivity index (χ1n) is 7.05. The molecule has 0 saturated heterocycles. The van der Waals surface area contributed by atoms with Crippen LogP contribution in [0.3, 0.4) is 0 Å². The van der Waals surface area contributed by atoms with Gasteiger partial charge in [-0.05, 0) is 25.0 Å². The minimum absolute atomic E-state index is 0.180. The van der Waals surface area contributed by atoms with Crippen molar-refractivity contribution in [3.05, 3.63) is 22.2 Å². The Morgan fingerprint density at radius 3 is 2.67 bits per heavy atom. The minimum atomic E-state index is -3.65. The molecular formula is C14H21BrN2O3S. The number of hydrogen-bond donors (Lipinski definition) is 2. The Labute approximate surface area is 134 Å². The van der Waals surface area contributed by atoms with E-state index in [0.717, 1.165) is 16.5 Å². The van der Waals surface area contributed by atoms with Crippen LogP contribution in [-0.4, -0.2) is 27.1 Å². The molecule has 0 spiro atoms. The number of halogens is 1. The molecule has 3 N–H and O–H groups in total. The molecule has 1 aromatic rings. The summed E-state index contributed by atoms with van der Waals surface area (Å²) in [4.78, 5) is 0.180. The summed E-state index contributed by atoms with van der Waals surface area (Å²) >= 11 is 3.35. The number of benzene rings is 1. The van der Waals surface area contributed by atoms with Crippen LogP contribution in [0, 0.1) is 0 Å². The van der Waals surface area contributed by atoms with Crippen LogP contribution in [0.1, 0.15) is 32.3 Å². The molecule has 7 heteroatoms. The van der Waals surface area contributed by atoms with Gasteiger partial charge < -0.3 is 10.5 Å². The molecule has 0 atom stereocenters. The van der Waals surface area contributed by atoms with Crippen molar-refractivity contribution in [1.82, 2.24) is 4.72 Å². The lowest BCUT2D eigenvalue weighted by atomic mass is 9.95. The van der Waals surface area contributed by atoms with E-state index in [0.29, 0.717) is 25.2 Å². The van der Waals surface area contributed by atoms with Crippen molar-refractivity contribution in [2.24, 2.45) is 5.73 Å². The molecular weight excluding hydrogens is 356 g/mol. The summed E-state index contributed by atoms with van der Waals surface area (Å²) in [5.74, 6) is 0.460. The van der Waals surface area contributed by atoms with Gasteiger partial charge in [0.1, 0.15) is 10.6 Å². The van der Waals surface area contributed by atoms with Gasteiger partial charge in [-0.1, -0.05) is 29.8 Å². The van der Waals surface area contributed by atoms with E-state index in [2.05, 4.69) is 20.7 Å². The van der Waals surface area contributed by atoms with E-state index >= 15 is 0 Å². The number of nitrogens with one attached hydrogen (secondary N) is 1. The van der Waals surface area contributed by atoms with E-state index in [1.54, 1.807) is 6.07 Å². The Balaban J connectivity index is 2.29. The first-order valence-corrected chi connectivity index (χ1v) is 9.32. The third-order valence-electron chi connectivity index (χ3n) is 4.03. The van der Waals surface area contributed by atoms with Crippen LogP contribution in [0.25, 0.3) is 0 Å². The molecule has 118 valence electrons. The molecule has 0 bridgehead atoms. The second-order valence-corrected chi connectivity index (χ2v) is 8.04. The molecule has 1 heterocycles. The molecule has 1 aliphatic heterocycles. The largest absolute Gasteiger partial charge is 0.492 e. The van der Waals surface area contributed by atoms with Gasteiger partial charge >= 0.3 is 0 Å². The number of nitrogens with two attached hydrogens (primary N) is 1. The number of rotatable bonds is 6. The van der Waals surface area contributed by atoms with Crippen molar-refractivity contribution in [3.63, 3.8) is 0 Å². The average Bonchev–Trinajstić information content (AvgIpc) is 2.92. The van der Waals surface area contributed by atoms with Gasteiger partial charge in [0.05, 0.1) is 6.61 Å². The molecule has 0 amide bonds. The van der Waals surface area contributed by atoms with Crippen LogP contribution < -0.4 is 15.2 Å². The summed E-state index contributed by atoms with van der Waals surface area (Å²) in [5, 5.41) is 0. The Hall–Kier alpha value is -0.630. The monoisotopic (exact) mass is 376 g/mol. The van der Waals surface area contributed by atoms with Gasteiger partial charge in [0.25, 0.3) is 0 Å². The van der Waals surface area contributed by atoms with Gasteiger partial charge in [-0.15, -0.1) is 0 Å². The highest BCUT2D eigenvalue weighted by Crippen LogP contribution is 2.35. The standard InChI is InChI=1S/C14H21BrN2O3S/c1-3-14(16,4-2)9-17-21(18,19)12-8-11(15)7-10-5-6-20-13(10)12/h7-8,17H,3-6,9,16H2,1-2H3. The highest BCUT2D eigenvalue weighted by molar-refractivity contribution is 9.10. The van der Waals surface area contributed by atoms with Gasteiger partial charge in [0.2, 0.25) is 10.0 Å². The van der Waals surface area contributed by atoms with Crippen molar-refractivity contribution in [2.45, 2.75) is 43.5 Å². The van der Waals surface area contributed by atoms with Gasteiger partial charge in [-0.2, -0.15) is 0 Å². The number of hydrogen-bond acceptors (Lipinski definition) is 4. The van der Waals surface area contributed by atoms with Gasteiger partial charge in [-0.3, -0.25) is 0 Å². The zero-order valence-electron chi connectivity index (χ0n) is 12.3. The summed E-state index contributed by atoms with van der Waals surface area (Å²) in [7, 11) is -3.65. The number of sulfonamides is 1. The summed E-state index contributed by atoms with van der Waals surface area (Å²) in [6, 6.07) is 3.47. The van der Waals surface area contributed by atoms with Gasteiger partial charge in [-0.25, -0.2) is 13.1 Å². The van der Waals surface area contributed by atoms with E-state index in [1.165, 1.54) is 0 Å². The molecule has 2 rings (SSSR count). The Bertz CT molecular complexity index is 627. The first-order chi connectivity index (χ1) is 9.81. The van der Waals surface area contributed by atoms with E-state index in [-0.39, 0.29) is 11.4 Å². The van der Waals surface area contributed by atoms with Crippen molar-refractivity contribution >= 4 is 26.0 Å². The van der Waals surface area contributed by atoms with Crippen LogP contribution in [0.15, 0.2) is 21.5 Å². The van der Waals surface area contributed by atoms with Crippen LogP contribution in [0.4, 0.5) is 0 Å². The summed E-state index contributed by atoms with van der Waals surface area (Å²) in [5.41, 5.74) is 6.54. The second kappa shape index (κ2) is 6.24. The SMILES string of the molecule is CCC(N)(CC)CNS(=O)(=O)c1cc(Br)cc2c1OCC2. The van der Waals surface area contributed by atoms with Crippen molar-refractivity contribution in [2.75, 3.05) is 13.2 Å². The molecule has 21 heavy (non-hydrogen) atoms. The quantitative estimate of drug-likeness (QED) is 0.796. The fourth-order valence-electron chi connectivity index (χ4n) is 2.25. The molecule has 1 aromatic carbocycles.